The molecule has 316 valence electrons. The van der Waals surface area contributed by atoms with Crippen LogP contribution >= 0.6 is 24.8 Å². The largest absolute Gasteiger partial charge is 0.412 e. The second kappa shape index (κ2) is 21.9. The average Bonchev–Trinajstić information content (AvgIpc) is 3.94. The summed E-state index contributed by atoms with van der Waals surface area (Å²) in [5.41, 5.74) is 6.05. The first kappa shape index (κ1) is 46.8. The van der Waals surface area contributed by atoms with E-state index in [2.05, 4.69) is 46.2 Å². The summed E-state index contributed by atoms with van der Waals surface area (Å²) in [5.74, 6) is -0.0685. The van der Waals surface area contributed by atoms with Crippen molar-refractivity contribution in [2.75, 3.05) is 52.4 Å². The molecule has 0 aliphatic carbocycles. The molecule has 0 spiro atoms. The van der Waals surface area contributed by atoms with Crippen LogP contribution in [-0.2, 0) is 35.3 Å². The predicted octanol–water partition coefficient (Wildman–Crippen LogP) is 6.74. The molecule has 2 fully saturated rings. The number of nitrogens with zero attached hydrogens (tertiary/aromatic N) is 6. The van der Waals surface area contributed by atoms with Gasteiger partial charge in [-0.25, -0.2) is 0 Å². The van der Waals surface area contributed by atoms with Crippen molar-refractivity contribution < 1.29 is 24.9 Å². The Morgan fingerprint density at radius 3 is 1.24 bits per heavy atom. The van der Waals surface area contributed by atoms with Crippen molar-refractivity contribution in [2.24, 2.45) is 0 Å². The summed E-state index contributed by atoms with van der Waals surface area (Å²) in [5, 5.41) is 22.6. The van der Waals surface area contributed by atoms with Gasteiger partial charge < -0.3 is 25.1 Å². The highest BCUT2D eigenvalue weighted by Crippen LogP contribution is 2.34. The zero-order chi connectivity index (χ0) is 39.0. The van der Waals surface area contributed by atoms with E-state index in [0.717, 1.165) is 52.1 Å². The molecule has 13 nitrogen and oxygen atoms in total. The smallest absolute Gasteiger partial charge is 0.273 e. The molecule has 0 bridgehead atoms. The predicted molar refractivity (Wildman–Crippen MR) is 232 cm³/mol. The molecule has 2 unspecified atom stereocenters. The highest BCUT2D eigenvalue weighted by Gasteiger charge is 2.35. The van der Waals surface area contributed by atoms with Gasteiger partial charge in [-0.05, 0) is 87.0 Å². The van der Waals surface area contributed by atoms with E-state index in [0.29, 0.717) is 24.2 Å². The normalized spacial score (nSPS) is 18.4. The first-order valence-electron chi connectivity index (χ1n) is 19.9. The Labute approximate surface area is 357 Å². The van der Waals surface area contributed by atoms with E-state index in [1.165, 1.54) is 60.1 Å². The van der Waals surface area contributed by atoms with Gasteiger partial charge in [0, 0.05) is 49.4 Å². The van der Waals surface area contributed by atoms with Crippen LogP contribution in [0.5, 0.6) is 0 Å². The van der Waals surface area contributed by atoms with Crippen molar-refractivity contribution >= 4 is 48.0 Å². The van der Waals surface area contributed by atoms with E-state index >= 15 is 0 Å². The van der Waals surface area contributed by atoms with Crippen LogP contribution in [0.3, 0.4) is 0 Å². The van der Waals surface area contributed by atoms with Crippen molar-refractivity contribution in [1.82, 2.24) is 19.6 Å². The highest BCUT2D eigenvalue weighted by molar-refractivity contribution is 5.85. The number of hydrogen-bond acceptors (Lipinski definition) is 8. The third-order valence-electron chi connectivity index (χ3n) is 11.8. The number of hydrogen-bond donors (Lipinski definition) is 0. The summed E-state index contributed by atoms with van der Waals surface area (Å²) in [4.78, 5) is 57.0. The van der Waals surface area contributed by atoms with Crippen LogP contribution in [0.25, 0.3) is 0 Å². The van der Waals surface area contributed by atoms with Crippen LogP contribution in [0.15, 0.2) is 97.1 Å². The van der Waals surface area contributed by atoms with E-state index in [-0.39, 0.29) is 78.4 Å². The molecule has 4 aliphatic heterocycles. The molecule has 0 saturated carbocycles. The van der Waals surface area contributed by atoms with E-state index in [4.69, 9.17) is 0 Å². The number of fused-ring (bicyclic) bond motifs is 2. The number of carbonyl (C=O) groups excluding carboxylic acids is 2. The van der Waals surface area contributed by atoms with Crippen molar-refractivity contribution in [3.05, 3.63) is 151 Å². The summed E-state index contributed by atoms with van der Waals surface area (Å²) < 4.78 is 0. The monoisotopic (exact) mass is 848 g/mol. The minimum atomic E-state index is -0.407. The van der Waals surface area contributed by atoms with Crippen LogP contribution in [0.2, 0.25) is 0 Å². The number of carbonyl (C=O) groups is 2. The van der Waals surface area contributed by atoms with Crippen LogP contribution in [0.1, 0.15) is 71.1 Å². The van der Waals surface area contributed by atoms with Crippen molar-refractivity contribution in [1.29, 1.82) is 0 Å². The molecule has 8 rings (SSSR count). The van der Waals surface area contributed by atoms with E-state index < -0.39 is 9.85 Å². The Morgan fingerprint density at radius 2 is 0.864 bits per heavy atom. The summed E-state index contributed by atoms with van der Waals surface area (Å²) in [7, 11) is 0. The van der Waals surface area contributed by atoms with E-state index in [9.17, 15) is 29.8 Å². The highest BCUT2D eigenvalue weighted by atomic mass is 35.5. The molecule has 4 heterocycles. The maximum atomic E-state index is 13.2. The maximum Gasteiger partial charge on any atom is 0.273 e. The fourth-order valence-electron chi connectivity index (χ4n) is 8.92. The standard InChI is InChI=1S/2C22H25N3O3.2ClH.H2O/c2*26-22(15-18-8-2-4-10-20(18)25(27)28)24-14-11-17-7-1-3-9-19(17)21(24)16-23-12-5-6-13-23;;;/h2*1-4,7-10,21H,5-6,11-16H2;2*1H;1H2. The molecule has 4 aliphatic rings. The molecule has 0 radical (unpaired) electrons. The quantitative estimate of drug-likeness (QED) is 0.125. The topological polar surface area (TPSA) is 165 Å². The number of para-hydroxylation sites is 2. The van der Waals surface area contributed by atoms with Gasteiger partial charge in [-0.15, -0.1) is 24.8 Å². The van der Waals surface area contributed by atoms with Gasteiger partial charge in [-0.3, -0.25) is 29.8 Å². The lowest BCUT2D eigenvalue weighted by atomic mass is 9.91. The molecule has 2 amide bonds. The molecule has 2 N–H and O–H groups in total. The Morgan fingerprint density at radius 1 is 0.525 bits per heavy atom. The van der Waals surface area contributed by atoms with Crippen molar-refractivity contribution in [3.8, 4) is 0 Å². The maximum absolute atomic E-state index is 13.2. The summed E-state index contributed by atoms with van der Waals surface area (Å²) in [6, 6.07) is 29.8. The lowest BCUT2D eigenvalue weighted by Gasteiger charge is -2.39. The van der Waals surface area contributed by atoms with Gasteiger partial charge in [-0.2, -0.15) is 0 Å². The Hall–Kier alpha value is -4.92. The zero-order valence-electron chi connectivity index (χ0n) is 33.2. The number of nitro groups is 2. The molecule has 2 saturated heterocycles. The van der Waals surface area contributed by atoms with Crippen LogP contribution in [-0.4, -0.2) is 99.1 Å². The summed E-state index contributed by atoms with van der Waals surface area (Å²) >= 11 is 0. The fraction of sp³-hybridized carbons (Fsp3) is 0.409. The Bertz CT molecular complexity index is 1910. The molecule has 15 heteroatoms. The third-order valence-corrected chi connectivity index (χ3v) is 11.8. The third kappa shape index (κ3) is 11.2. The number of amides is 2. The van der Waals surface area contributed by atoms with Crippen molar-refractivity contribution in [2.45, 2.75) is 63.5 Å². The van der Waals surface area contributed by atoms with E-state index in [1.807, 2.05) is 21.9 Å². The van der Waals surface area contributed by atoms with Gasteiger partial charge in [0.05, 0.1) is 34.8 Å². The van der Waals surface area contributed by atoms with Gasteiger partial charge >= 0.3 is 0 Å². The second-order valence-electron chi connectivity index (χ2n) is 15.2. The number of rotatable bonds is 10. The van der Waals surface area contributed by atoms with Gasteiger partial charge in [0.25, 0.3) is 11.4 Å². The molecule has 4 aromatic carbocycles. The lowest BCUT2D eigenvalue weighted by Crippen LogP contribution is -2.45. The number of nitro benzene ring substituents is 2. The Balaban J connectivity index is 0.000000248. The number of halogens is 2. The molecule has 59 heavy (non-hydrogen) atoms. The number of benzene rings is 4. The van der Waals surface area contributed by atoms with Gasteiger partial charge in [0.1, 0.15) is 0 Å². The van der Waals surface area contributed by atoms with E-state index in [1.54, 1.807) is 36.4 Å². The van der Waals surface area contributed by atoms with Crippen LogP contribution < -0.4 is 0 Å². The van der Waals surface area contributed by atoms with Gasteiger partial charge in [0.2, 0.25) is 11.8 Å². The summed E-state index contributed by atoms with van der Waals surface area (Å²) in [6.07, 6.45) is 6.62. The van der Waals surface area contributed by atoms with Gasteiger partial charge in [0.15, 0.2) is 0 Å². The minimum absolute atomic E-state index is 0. The fourth-order valence-corrected chi connectivity index (χ4v) is 8.92. The zero-order valence-corrected chi connectivity index (χ0v) is 34.8. The second-order valence-corrected chi connectivity index (χ2v) is 15.2. The minimum Gasteiger partial charge on any atom is -0.412 e. The molecule has 0 aromatic heterocycles. The number of likely N-dealkylation sites (tertiary alicyclic amines) is 2. The van der Waals surface area contributed by atoms with Crippen molar-refractivity contribution in [3.63, 3.8) is 0 Å². The molecule has 4 aromatic rings. The first-order valence-corrected chi connectivity index (χ1v) is 19.9. The van der Waals surface area contributed by atoms with Crippen LogP contribution in [0.4, 0.5) is 11.4 Å². The SMILES string of the molecule is Cl.Cl.O.O=C(Cc1ccccc1[N+](=O)[O-])N1CCc2ccccc2C1CN1CCCC1.O=C(Cc1ccccc1[N+](=O)[O-])N1CCc2ccccc2C1CN1CCCC1. The molecular weight excluding hydrogens is 795 g/mol. The van der Waals surface area contributed by atoms with Gasteiger partial charge in [-0.1, -0.05) is 84.9 Å². The lowest BCUT2D eigenvalue weighted by molar-refractivity contribution is -0.385. The molecular formula is C44H54Cl2N6O7. The summed E-state index contributed by atoms with van der Waals surface area (Å²) in [6.45, 7) is 7.29. The first-order chi connectivity index (χ1) is 27.3. The average molecular weight is 850 g/mol. The Kier molecular flexibility index (Phi) is 17.4. The van der Waals surface area contributed by atoms with Crippen LogP contribution in [0, 0.1) is 20.2 Å². The molecule has 2 atom stereocenters.